The Hall–Kier alpha value is -1.02. The van der Waals surface area contributed by atoms with Gasteiger partial charge in [-0.05, 0) is 37.3 Å². The Morgan fingerprint density at radius 1 is 1.19 bits per heavy atom. The van der Waals surface area contributed by atoms with Gasteiger partial charge in [0, 0.05) is 12.2 Å². The molecular weight excluding hydrogens is 198 g/mol. The Kier molecular flexibility index (Phi) is 4.23. The van der Waals surface area contributed by atoms with Gasteiger partial charge in [0.25, 0.3) is 0 Å². The lowest BCUT2D eigenvalue weighted by Gasteiger charge is -2.17. The summed E-state index contributed by atoms with van der Waals surface area (Å²) in [5, 5.41) is 13.3. The summed E-state index contributed by atoms with van der Waals surface area (Å²) in [5.74, 6) is 0.553. The molecule has 1 atom stereocenters. The standard InChI is InChI=1S/C14H21NO/c16-14(12-6-4-5-7-12)10-11-15-13-8-2-1-3-9-13/h1-3,8-9,12,14-16H,4-7,10-11H2. The van der Waals surface area contributed by atoms with Gasteiger partial charge in [-0.15, -0.1) is 0 Å². The van der Waals surface area contributed by atoms with Gasteiger partial charge in [-0.2, -0.15) is 0 Å². The minimum Gasteiger partial charge on any atom is -0.393 e. The van der Waals surface area contributed by atoms with Crippen molar-refractivity contribution >= 4 is 5.69 Å². The molecule has 0 heterocycles. The summed E-state index contributed by atoms with van der Waals surface area (Å²) in [6, 6.07) is 10.2. The lowest BCUT2D eigenvalue weighted by Crippen LogP contribution is -2.21. The zero-order valence-corrected chi connectivity index (χ0v) is 9.73. The van der Waals surface area contributed by atoms with Crippen molar-refractivity contribution in [1.29, 1.82) is 0 Å². The Morgan fingerprint density at radius 2 is 1.88 bits per heavy atom. The van der Waals surface area contributed by atoms with Crippen LogP contribution in [-0.2, 0) is 0 Å². The minimum atomic E-state index is -0.112. The van der Waals surface area contributed by atoms with Crippen molar-refractivity contribution in [3.05, 3.63) is 30.3 Å². The van der Waals surface area contributed by atoms with Crippen LogP contribution in [0.3, 0.4) is 0 Å². The van der Waals surface area contributed by atoms with Crippen LogP contribution in [0.4, 0.5) is 5.69 Å². The van der Waals surface area contributed by atoms with Gasteiger partial charge < -0.3 is 10.4 Å². The lowest BCUT2D eigenvalue weighted by atomic mass is 9.98. The van der Waals surface area contributed by atoms with Gasteiger partial charge in [0.1, 0.15) is 0 Å². The first-order chi connectivity index (χ1) is 7.86. The third-order valence-electron chi connectivity index (χ3n) is 3.49. The number of hydrogen-bond acceptors (Lipinski definition) is 2. The second-order valence-electron chi connectivity index (χ2n) is 4.69. The first-order valence-corrected chi connectivity index (χ1v) is 6.33. The van der Waals surface area contributed by atoms with Crippen LogP contribution in [-0.4, -0.2) is 17.8 Å². The zero-order chi connectivity index (χ0) is 11.2. The number of para-hydroxylation sites is 1. The smallest absolute Gasteiger partial charge is 0.0585 e. The highest BCUT2D eigenvalue weighted by Gasteiger charge is 2.22. The molecule has 1 unspecified atom stereocenters. The quantitative estimate of drug-likeness (QED) is 0.797. The molecule has 1 aliphatic rings. The molecule has 0 bridgehead atoms. The predicted molar refractivity (Wildman–Crippen MR) is 67.5 cm³/mol. The van der Waals surface area contributed by atoms with E-state index in [9.17, 15) is 5.11 Å². The third kappa shape index (κ3) is 3.24. The van der Waals surface area contributed by atoms with E-state index in [-0.39, 0.29) is 6.10 Å². The van der Waals surface area contributed by atoms with Gasteiger partial charge in [0.2, 0.25) is 0 Å². The SMILES string of the molecule is OC(CCNc1ccccc1)C1CCCC1. The largest absolute Gasteiger partial charge is 0.393 e. The number of anilines is 1. The highest BCUT2D eigenvalue weighted by molar-refractivity contribution is 5.42. The van der Waals surface area contributed by atoms with Crippen LogP contribution in [0.5, 0.6) is 0 Å². The van der Waals surface area contributed by atoms with E-state index in [0.717, 1.165) is 18.7 Å². The number of rotatable bonds is 5. The molecule has 0 spiro atoms. The number of benzene rings is 1. The van der Waals surface area contributed by atoms with Crippen LogP contribution < -0.4 is 5.32 Å². The Morgan fingerprint density at radius 3 is 2.56 bits per heavy atom. The van der Waals surface area contributed by atoms with Gasteiger partial charge in [0.15, 0.2) is 0 Å². The van der Waals surface area contributed by atoms with Crippen molar-refractivity contribution in [3.63, 3.8) is 0 Å². The highest BCUT2D eigenvalue weighted by Crippen LogP contribution is 2.28. The molecule has 1 saturated carbocycles. The summed E-state index contributed by atoms with van der Waals surface area (Å²) in [6.45, 7) is 0.863. The number of aliphatic hydroxyl groups excluding tert-OH is 1. The van der Waals surface area contributed by atoms with Crippen molar-refractivity contribution in [2.24, 2.45) is 5.92 Å². The molecule has 2 nitrogen and oxygen atoms in total. The molecule has 2 rings (SSSR count). The van der Waals surface area contributed by atoms with Gasteiger partial charge in [-0.25, -0.2) is 0 Å². The van der Waals surface area contributed by atoms with Crippen LogP contribution >= 0.6 is 0 Å². The fourth-order valence-electron chi connectivity index (χ4n) is 2.50. The molecule has 1 fully saturated rings. The predicted octanol–water partition coefficient (Wildman–Crippen LogP) is 3.04. The summed E-state index contributed by atoms with van der Waals surface area (Å²) in [4.78, 5) is 0. The van der Waals surface area contributed by atoms with Crippen LogP contribution in [0.2, 0.25) is 0 Å². The van der Waals surface area contributed by atoms with Crippen molar-refractivity contribution < 1.29 is 5.11 Å². The third-order valence-corrected chi connectivity index (χ3v) is 3.49. The molecule has 2 heteroatoms. The highest BCUT2D eigenvalue weighted by atomic mass is 16.3. The molecule has 0 amide bonds. The average molecular weight is 219 g/mol. The molecule has 0 radical (unpaired) electrons. The van der Waals surface area contributed by atoms with Crippen molar-refractivity contribution in [2.75, 3.05) is 11.9 Å². The van der Waals surface area contributed by atoms with Crippen LogP contribution in [0.1, 0.15) is 32.1 Å². The molecule has 2 N–H and O–H groups in total. The maximum atomic E-state index is 9.99. The van der Waals surface area contributed by atoms with Crippen molar-refractivity contribution in [1.82, 2.24) is 0 Å². The molecule has 0 saturated heterocycles. The zero-order valence-electron chi connectivity index (χ0n) is 9.73. The fourth-order valence-corrected chi connectivity index (χ4v) is 2.50. The van der Waals surface area contributed by atoms with Crippen molar-refractivity contribution in [3.8, 4) is 0 Å². The summed E-state index contributed by atoms with van der Waals surface area (Å²) in [7, 11) is 0. The fraction of sp³-hybridized carbons (Fsp3) is 0.571. The maximum Gasteiger partial charge on any atom is 0.0585 e. The average Bonchev–Trinajstić information content (AvgIpc) is 2.84. The number of hydrogen-bond donors (Lipinski definition) is 2. The first kappa shape index (κ1) is 11.5. The second kappa shape index (κ2) is 5.90. The van der Waals surface area contributed by atoms with Crippen LogP contribution in [0.15, 0.2) is 30.3 Å². The van der Waals surface area contributed by atoms with E-state index in [1.165, 1.54) is 25.7 Å². The van der Waals surface area contributed by atoms with E-state index in [1.54, 1.807) is 0 Å². The molecule has 16 heavy (non-hydrogen) atoms. The van der Waals surface area contributed by atoms with E-state index in [0.29, 0.717) is 5.92 Å². The van der Waals surface area contributed by atoms with Crippen molar-refractivity contribution in [2.45, 2.75) is 38.2 Å². The Labute approximate surface area is 97.7 Å². The van der Waals surface area contributed by atoms with E-state index >= 15 is 0 Å². The monoisotopic (exact) mass is 219 g/mol. The van der Waals surface area contributed by atoms with E-state index in [2.05, 4.69) is 17.4 Å². The van der Waals surface area contributed by atoms with E-state index in [1.807, 2.05) is 18.2 Å². The molecule has 0 aliphatic heterocycles. The molecular formula is C14H21NO. The number of aliphatic hydroxyl groups is 1. The molecule has 1 aliphatic carbocycles. The van der Waals surface area contributed by atoms with Crippen LogP contribution in [0, 0.1) is 5.92 Å². The Balaban J connectivity index is 1.67. The molecule has 1 aromatic carbocycles. The molecule has 88 valence electrons. The summed E-state index contributed by atoms with van der Waals surface area (Å²) in [5.41, 5.74) is 1.14. The first-order valence-electron chi connectivity index (χ1n) is 6.33. The minimum absolute atomic E-state index is 0.112. The van der Waals surface area contributed by atoms with Gasteiger partial charge in [-0.3, -0.25) is 0 Å². The second-order valence-corrected chi connectivity index (χ2v) is 4.69. The summed E-state index contributed by atoms with van der Waals surface area (Å²) in [6.07, 6.45) is 5.78. The normalized spacial score (nSPS) is 18.6. The topological polar surface area (TPSA) is 32.3 Å². The molecule has 1 aromatic rings. The van der Waals surface area contributed by atoms with Gasteiger partial charge in [-0.1, -0.05) is 31.0 Å². The number of nitrogens with one attached hydrogen (secondary N) is 1. The van der Waals surface area contributed by atoms with Crippen LogP contribution in [0.25, 0.3) is 0 Å². The maximum absolute atomic E-state index is 9.99. The molecule has 0 aromatic heterocycles. The summed E-state index contributed by atoms with van der Waals surface area (Å²) >= 11 is 0. The lowest BCUT2D eigenvalue weighted by molar-refractivity contribution is 0.105. The van der Waals surface area contributed by atoms with E-state index < -0.39 is 0 Å². The van der Waals surface area contributed by atoms with E-state index in [4.69, 9.17) is 0 Å². The Bertz CT molecular complexity index is 293. The van der Waals surface area contributed by atoms with Gasteiger partial charge in [0.05, 0.1) is 6.10 Å². The van der Waals surface area contributed by atoms with Gasteiger partial charge >= 0.3 is 0 Å². The summed E-state index contributed by atoms with van der Waals surface area (Å²) < 4.78 is 0.